The van der Waals surface area contributed by atoms with Gasteiger partial charge in [0.1, 0.15) is 5.75 Å². The Morgan fingerprint density at radius 2 is 1.90 bits per heavy atom. The minimum atomic E-state index is 0.103. The molecule has 0 saturated heterocycles. The lowest BCUT2D eigenvalue weighted by Gasteiger charge is -2.15. The molecule has 0 aliphatic heterocycles. The molecule has 2 aromatic rings. The van der Waals surface area contributed by atoms with Crippen LogP contribution in [0.5, 0.6) is 5.75 Å². The molecule has 0 heterocycles. The number of rotatable bonds is 5. The first kappa shape index (κ1) is 14.6. The van der Waals surface area contributed by atoms with Crippen molar-refractivity contribution < 1.29 is 4.74 Å². The lowest BCUT2D eigenvalue weighted by atomic mass is 10.2. The standard InChI is InChI=1S/C16H20N2OS/c1-11(2)19-15-10-12(8-9-13(15)17)18-14-6-4-5-7-16(14)20-3/h4-11,18H,17H2,1-3H3. The minimum absolute atomic E-state index is 0.103. The van der Waals surface area contributed by atoms with Crippen molar-refractivity contribution >= 4 is 28.8 Å². The number of thioether (sulfide) groups is 1. The van der Waals surface area contributed by atoms with Crippen molar-refractivity contribution in [3.8, 4) is 5.75 Å². The Hall–Kier alpha value is -1.81. The number of ether oxygens (including phenoxy) is 1. The highest BCUT2D eigenvalue weighted by molar-refractivity contribution is 7.98. The van der Waals surface area contributed by atoms with Gasteiger partial charge in [-0.3, -0.25) is 0 Å². The molecule has 0 aliphatic rings. The molecule has 4 heteroatoms. The number of anilines is 3. The van der Waals surface area contributed by atoms with Gasteiger partial charge in [0.2, 0.25) is 0 Å². The molecule has 20 heavy (non-hydrogen) atoms. The summed E-state index contributed by atoms with van der Waals surface area (Å²) >= 11 is 1.71. The van der Waals surface area contributed by atoms with E-state index < -0.39 is 0 Å². The third-order valence-corrected chi connectivity index (χ3v) is 3.56. The summed E-state index contributed by atoms with van der Waals surface area (Å²) in [6.07, 6.45) is 2.17. The van der Waals surface area contributed by atoms with Gasteiger partial charge in [0.05, 0.1) is 17.5 Å². The molecule has 0 fully saturated rings. The van der Waals surface area contributed by atoms with Crippen LogP contribution in [-0.2, 0) is 0 Å². The highest BCUT2D eigenvalue weighted by Gasteiger charge is 2.06. The number of hydrogen-bond donors (Lipinski definition) is 2. The van der Waals surface area contributed by atoms with E-state index in [1.165, 1.54) is 4.90 Å². The lowest BCUT2D eigenvalue weighted by molar-refractivity contribution is 0.244. The topological polar surface area (TPSA) is 47.3 Å². The zero-order chi connectivity index (χ0) is 14.5. The number of nitrogen functional groups attached to an aromatic ring is 1. The Morgan fingerprint density at radius 1 is 1.15 bits per heavy atom. The van der Waals surface area contributed by atoms with Gasteiger partial charge in [0, 0.05) is 16.6 Å². The summed E-state index contributed by atoms with van der Waals surface area (Å²) in [5.41, 5.74) is 8.64. The molecule has 106 valence electrons. The fourth-order valence-electron chi connectivity index (χ4n) is 1.87. The largest absolute Gasteiger partial charge is 0.489 e. The van der Waals surface area contributed by atoms with Crippen LogP contribution in [0, 0.1) is 0 Å². The Kier molecular flexibility index (Phi) is 4.79. The molecule has 3 nitrogen and oxygen atoms in total. The van der Waals surface area contributed by atoms with E-state index in [0.717, 1.165) is 11.4 Å². The summed E-state index contributed by atoms with van der Waals surface area (Å²) in [7, 11) is 0. The number of nitrogens with one attached hydrogen (secondary N) is 1. The number of nitrogens with two attached hydrogens (primary N) is 1. The van der Waals surface area contributed by atoms with Crippen LogP contribution in [0.25, 0.3) is 0 Å². The predicted molar refractivity (Wildman–Crippen MR) is 88.1 cm³/mol. The van der Waals surface area contributed by atoms with Crippen LogP contribution in [0.3, 0.4) is 0 Å². The second-order valence-electron chi connectivity index (χ2n) is 4.74. The van der Waals surface area contributed by atoms with Crippen LogP contribution in [-0.4, -0.2) is 12.4 Å². The third kappa shape index (κ3) is 3.61. The Bertz CT molecular complexity index is 584. The molecule has 0 amide bonds. The van der Waals surface area contributed by atoms with E-state index in [1.54, 1.807) is 11.8 Å². The van der Waals surface area contributed by atoms with E-state index >= 15 is 0 Å². The Labute approximate surface area is 124 Å². The molecule has 0 radical (unpaired) electrons. The summed E-state index contributed by atoms with van der Waals surface area (Å²) in [6.45, 7) is 3.98. The Balaban J connectivity index is 2.25. The number of hydrogen-bond acceptors (Lipinski definition) is 4. The average molecular weight is 288 g/mol. The van der Waals surface area contributed by atoms with E-state index in [2.05, 4.69) is 23.7 Å². The maximum absolute atomic E-state index is 5.93. The third-order valence-electron chi connectivity index (χ3n) is 2.76. The first-order chi connectivity index (χ1) is 9.60. The second-order valence-corrected chi connectivity index (χ2v) is 5.59. The van der Waals surface area contributed by atoms with Crippen LogP contribution in [0.15, 0.2) is 47.4 Å². The predicted octanol–water partition coefficient (Wildman–Crippen LogP) is 4.52. The van der Waals surface area contributed by atoms with E-state index in [0.29, 0.717) is 11.4 Å². The molecule has 0 aliphatic carbocycles. The van der Waals surface area contributed by atoms with Crippen molar-refractivity contribution in [2.75, 3.05) is 17.3 Å². The molecule has 0 saturated carbocycles. The van der Waals surface area contributed by atoms with Crippen LogP contribution >= 0.6 is 11.8 Å². The van der Waals surface area contributed by atoms with Crippen molar-refractivity contribution in [2.45, 2.75) is 24.8 Å². The summed E-state index contributed by atoms with van der Waals surface area (Å²) in [5, 5.41) is 3.41. The van der Waals surface area contributed by atoms with Crippen LogP contribution in [0.1, 0.15) is 13.8 Å². The van der Waals surface area contributed by atoms with Crippen LogP contribution < -0.4 is 15.8 Å². The molecule has 2 rings (SSSR count). The molecular weight excluding hydrogens is 268 g/mol. The van der Waals surface area contributed by atoms with Crippen molar-refractivity contribution in [3.63, 3.8) is 0 Å². The summed E-state index contributed by atoms with van der Waals surface area (Å²) in [4.78, 5) is 1.20. The maximum Gasteiger partial charge on any atom is 0.144 e. The van der Waals surface area contributed by atoms with Crippen LogP contribution in [0.2, 0.25) is 0 Å². The van der Waals surface area contributed by atoms with Crippen molar-refractivity contribution in [1.82, 2.24) is 0 Å². The Morgan fingerprint density at radius 3 is 2.60 bits per heavy atom. The normalized spacial score (nSPS) is 10.6. The highest BCUT2D eigenvalue weighted by Crippen LogP contribution is 2.31. The van der Waals surface area contributed by atoms with Gasteiger partial charge >= 0.3 is 0 Å². The van der Waals surface area contributed by atoms with E-state index in [9.17, 15) is 0 Å². The van der Waals surface area contributed by atoms with Gasteiger partial charge < -0.3 is 15.8 Å². The van der Waals surface area contributed by atoms with Crippen LogP contribution in [0.4, 0.5) is 17.1 Å². The minimum Gasteiger partial charge on any atom is -0.489 e. The molecule has 0 aromatic heterocycles. The van der Waals surface area contributed by atoms with Gasteiger partial charge in [-0.2, -0.15) is 0 Å². The maximum atomic E-state index is 5.93. The first-order valence-electron chi connectivity index (χ1n) is 6.56. The molecule has 0 spiro atoms. The van der Waals surface area contributed by atoms with E-state index in [1.807, 2.05) is 44.2 Å². The summed E-state index contributed by atoms with van der Waals surface area (Å²) in [6, 6.07) is 14.0. The summed E-state index contributed by atoms with van der Waals surface area (Å²) in [5.74, 6) is 0.714. The SMILES string of the molecule is CSc1ccccc1Nc1ccc(N)c(OC(C)C)c1. The van der Waals surface area contributed by atoms with E-state index in [4.69, 9.17) is 10.5 Å². The molecule has 0 bridgehead atoms. The molecule has 2 aromatic carbocycles. The number of para-hydroxylation sites is 1. The first-order valence-corrected chi connectivity index (χ1v) is 7.79. The van der Waals surface area contributed by atoms with Gasteiger partial charge in [-0.25, -0.2) is 0 Å². The lowest BCUT2D eigenvalue weighted by Crippen LogP contribution is -2.07. The van der Waals surface area contributed by atoms with Gasteiger partial charge in [-0.05, 0) is 44.4 Å². The fourth-order valence-corrected chi connectivity index (χ4v) is 2.43. The van der Waals surface area contributed by atoms with Gasteiger partial charge in [0.15, 0.2) is 0 Å². The van der Waals surface area contributed by atoms with Crippen molar-refractivity contribution in [1.29, 1.82) is 0 Å². The monoisotopic (exact) mass is 288 g/mol. The molecule has 3 N–H and O–H groups in total. The number of benzene rings is 2. The molecule has 0 unspecified atom stereocenters. The fraction of sp³-hybridized carbons (Fsp3) is 0.250. The quantitative estimate of drug-likeness (QED) is 0.627. The average Bonchev–Trinajstić information content (AvgIpc) is 2.42. The van der Waals surface area contributed by atoms with Crippen molar-refractivity contribution in [3.05, 3.63) is 42.5 Å². The second kappa shape index (κ2) is 6.57. The smallest absolute Gasteiger partial charge is 0.144 e. The molecular formula is C16H20N2OS. The van der Waals surface area contributed by atoms with Crippen molar-refractivity contribution in [2.24, 2.45) is 0 Å². The summed E-state index contributed by atoms with van der Waals surface area (Å²) < 4.78 is 5.71. The van der Waals surface area contributed by atoms with E-state index in [-0.39, 0.29) is 6.10 Å². The molecule has 0 atom stereocenters. The van der Waals surface area contributed by atoms with Gasteiger partial charge in [-0.15, -0.1) is 11.8 Å². The van der Waals surface area contributed by atoms with Gasteiger partial charge in [-0.1, -0.05) is 12.1 Å². The zero-order valence-electron chi connectivity index (χ0n) is 12.0. The van der Waals surface area contributed by atoms with Gasteiger partial charge in [0.25, 0.3) is 0 Å². The highest BCUT2D eigenvalue weighted by atomic mass is 32.2. The zero-order valence-corrected chi connectivity index (χ0v) is 12.8.